The van der Waals surface area contributed by atoms with Crippen molar-refractivity contribution >= 4 is 34.0 Å². The number of nitrogens with one attached hydrogen (secondary N) is 1. The van der Waals surface area contributed by atoms with Crippen LogP contribution < -0.4 is 14.8 Å². The number of fused-ring (bicyclic) bond motifs is 1. The number of β-amino-alcohol motifs (C(OH)–C–C–N with tert-alkyl or cyclic N) is 1. The van der Waals surface area contributed by atoms with Gasteiger partial charge in [0.05, 0.1) is 17.6 Å². The lowest BCUT2D eigenvalue weighted by atomic mass is 9.94. The molecule has 2 aromatic carbocycles. The van der Waals surface area contributed by atoms with E-state index in [0.29, 0.717) is 48.1 Å². The Balaban J connectivity index is 1.24. The Kier molecular flexibility index (Phi) is 5.67. The maximum absolute atomic E-state index is 13.4. The quantitative estimate of drug-likeness (QED) is 0.467. The van der Waals surface area contributed by atoms with Gasteiger partial charge in [0.1, 0.15) is 0 Å². The third-order valence-corrected chi connectivity index (χ3v) is 8.22. The highest BCUT2D eigenvalue weighted by Gasteiger charge is 2.53. The Morgan fingerprint density at radius 2 is 2.00 bits per heavy atom. The molecule has 3 heterocycles. The molecule has 1 saturated heterocycles. The van der Waals surface area contributed by atoms with Crippen LogP contribution in [0.4, 0.5) is 13.9 Å². The summed E-state index contributed by atoms with van der Waals surface area (Å²) in [4.78, 5) is 20.8. The first-order valence-corrected chi connectivity index (χ1v) is 12.8. The molecule has 0 radical (unpaired) electrons. The molecule has 3 aliphatic rings. The highest BCUT2D eigenvalue weighted by molar-refractivity contribution is 7.15. The van der Waals surface area contributed by atoms with Crippen molar-refractivity contribution in [3.05, 3.63) is 69.7 Å². The first-order valence-electron chi connectivity index (χ1n) is 11.6. The Bertz CT molecular complexity index is 1330. The number of anilines is 1. The number of carbonyl (C=O) groups excluding carboxylic acids is 1. The van der Waals surface area contributed by atoms with Crippen LogP contribution in [0, 0.1) is 0 Å². The number of nitrogens with zero attached hydrogens (tertiary/aromatic N) is 2. The summed E-state index contributed by atoms with van der Waals surface area (Å²) in [6.07, 6.45) is -0.546. The predicted octanol–water partition coefficient (Wildman–Crippen LogP) is 4.94. The van der Waals surface area contributed by atoms with Crippen LogP contribution in [0.3, 0.4) is 0 Å². The highest BCUT2D eigenvalue weighted by Crippen LogP contribution is 2.52. The highest BCUT2D eigenvalue weighted by atomic mass is 35.5. The van der Waals surface area contributed by atoms with Gasteiger partial charge in [0.15, 0.2) is 16.6 Å². The van der Waals surface area contributed by atoms with Crippen LogP contribution in [0.25, 0.3) is 0 Å². The normalized spacial score (nSPS) is 22.4. The Hall–Kier alpha value is -2.79. The first-order chi connectivity index (χ1) is 17.2. The van der Waals surface area contributed by atoms with Gasteiger partial charge in [0.25, 0.3) is 0 Å². The fraction of sp³-hybridized carbons (Fsp3) is 0.360. The minimum Gasteiger partial charge on any atom is -0.395 e. The van der Waals surface area contributed by atoms with Crippen molar-refractivity contribution in [2.24, 2.45) is 0 Å². The van der Waals surface area contributed by atoms with Crippen LogP contribution >= 0.6 is 22.9 Å². The van der Waals surface area contributed by atoms with Gasteiger partial charge in [0.2, 0.25) is 5.91 Å². The second-order valence-corrected chi connectivity index (χ2v) is 10.8. The summed E-state index contributed by atoms with van der Waals surface area (Å²) in [7, 11) is 0. The van der Waals surface area contributed by atoms with Crippen molar-refractivity contribution in [3.63, 3.8) is 0 Å². The van der Waals surface area contributed by atoms with Gasteiger partial charge in [0, 0.05) is 29.2 Å². The van der Waals surface area contributed by atoms with Crippen molar-refractivity contribution in [2.75, 3.05) is 18.4 Å². The molecule has 2 N–H and O–H groups in total. The largest absolute Gasteiger partial charge is 0.586 e. The number of hydrogen-bond acceptors (Lipinski definition) is 7. The molecular formula is C25H22ClF2N3O4S. The molecule has 6 rings (SSSR count). The van der Waals surface area contributed by atoms with Crippen molar-refractivity contribution < 1.29 is 28.2 Å². The number of alkyl halides is 2. The summed E-state index contributed by atoms with van der Waals surface area (Å²) in [5.74, 6) is -0.384. The number of aliphatic hydroxyl groups is 1. The van der Waals surface area contributed by atoms with E-state index in [-0.39, 0.29) is 23.4 Å². The van der Waals surface area contributed by atoms with Crippen molar-refractivity contribution in [1.82, 2.24) is 9.88 Å². The molecule has 2 atom stereocenters. The molecule has 1 aliphatic carbocycles. The first kappa shape index (κ1) is 23.6. The Morgan fingerprint density at radius 3 is 2.72 bits per heavy atom. The van der Waals surface area contributed by atoms with Crippen LogP contribution in [-0.2, 0) is 10.2 Å². The molecule has 1 saturated carbocycles. The molecule has 1 aromatic heterocycles. The van der Waals surface area contributed by atoms with Gasteiger partial charge in [-0.1, -0.05) is 47.2 Å². The number of benzene rings is 2. The number of aliphatic hydroxyl groups excluding tert-OH is 1. The summed E-state index contributed by atoms with van der Waals surface area (Å²) < 4.78 is 35.9. The Labute approximate surface area is 214 Å². The average molecular weight is 534 g/mol. The van der Waals surface area contributed by atoms with Gasteiger partial charge in [-0.3, -0.25) is 9.69 Å². The zero-order valence-corrected chi connectivity index (χ0v) is 20.5. The van der Waals surface area contributed by atoms with E-state index in [0.717, 1.165) is 10.4 Å². The summed E-state index contributed by atoms with van der Waals surface area (Å²) in [5.41, 5.74) is 0.672. The molecule has 36 heavy (non-hydrogen) atoms. The fourth-order valence-electron chi connectivity index (χ4n) is 4.94. The summed E-state index contributed by atoms with van der Waals surface area (Å²) >= 11 is 7.88. The summed E-state index contributed by atoms with van der Waals surface area (Å²) in [6.45, 7) is 1.23. The number of carbonyl (C=O) groups is 1. The van der Waals surface area contributed by atoms with Crippen LogP contribution in [0.15, 0.2) is 48.7 Å². The number of amides is 1. The second-order valence-electron chi connectivity index (χ2n) is 9.29. The number of hydrogen-bond donors (Lipinski definition) is 2. The van der Waals surface area contributed by atoms with Crippen molar-refractivity contribution in [3.8, 4) is 11.5 Å². The van der Waals surface area contributed by atoms with Gasteiger partial charge in [-0.25, -0.2) is 4.98 Å². The zero-order chi connectivity index (χ0) is 25.1. The molecule has 0 bridgehead atoms. The minimum atomic E-state index is -3.71. The van der Waals surface area contributed by atoms with Gasteiger partial charge >= 0.3 is 6.29 Å². The zero-order valence-electron chi connectivity index (χ0n) is 18.9. The van der Waals surface area contributed by atoms with Crippen molar-refractivity contribution in [1.29, 1.82) is 0 Å². The molecule has 188 valence electrons. The SMILES string of the molecule is O=C(Nc1ncc([C@H](c2ccccc2Cl)N2CC[C@@H](O)C2)s1)C1(c2ccc3c(c2)OC(F)(F)O3)CC1. The van der Waals surface area contributed by atoms with Gasteiger partial charge in [-0.15, -0.1) is 8.78 Å². The van der Waals surface area contributed by atoms with E-state index in [9.17, 15) is 18.7 Å². The predicted molar refractivity (Wildman–Crippen MR) is 130 cm³/mol. The number of rotatable bonds is 6. The number of likely N-dealkylation sites (tertiary alicyclic amines) is 1. The van der Waals surface area contributed by atoms with Gasteiger partial charge in [-0.2, -0.15) is 0 Å². The molecular weight excluding hydrogens is 512 g/mol. The van der Waals surface area contributed by atoms with Crippen LogP contribution in [-0.4, -0.2) is 46.4 Å². The molecule has 2 fully saturated rings. The van der Waals surface area contributed by atoms with E-state index >= 15 is 0 Å². The molecule has 2 aliphatic heterocycles. The third kappa shape index (κ3) is 4.21. The van der Waals surface area contributed by atoms with Crippen LogP contribution in [0.1, 0.15) is 41.3 Å². The maximum Gasteiger partial charge on any atom is 0.586 e. The average Bonchev–Trinajstić information content (AvgIpc) is 3.16. The number of halogens is 3. The van der Waals surface area contributed by atoms with E-state index < -0.39 is 17.8 Å². The van der Waals surface area contributed by atoms with E-state index in [1.165, 1.54) is 23.5 Å². The number of thiazole rings is 1. The topological polar surface area (TPSA) is 83.9 Å². The third-order valence-electron chi connectivity index (χ3n) is 6.91. The maximum atomic E-state index is 13.4. The van der Waals surface area contributed by atoms with Gasteiger partial charge in [-0.05, 0) is 48.6 Å². The van der Waals surface area contributed by atoms with Crippen LogP contribution in [0.2, 0.25) is 5.02 Å². The van der Waals surface area contributed by atoms with E-state index in [4.69, 9.17) is 11.6 Å². The van der Waals surface area contributed by atoms with E-state index in [2.05, 4.69) is 24.7 Å². The summed E-state index contributed by atoms with van der Waals surface area (Å²) in [6, 6.07) is 11.8. The lowest BCUT2D eigenvalue weighted by molar-refractivity contribution is -0.286. The molecule has 1 amide bonds. The minimum absolute atomic E-state index is 0.0535. The molecule has 0 unspecified atom stereocenters. The number of ether oxygens (including phenoxy) is 2. The molecule has 7 nitrogen and oxygen atoms in total. The molecule has 0 spiro atoms. The second kappa shape index (κ2) is 8.65. The lowest BCUT2D eigenvalue weighted by Gasteiger charge is -2.27. The number of aromatic nitrogens is 1. The van der Waals surface area contributed by atoms with Crippen LogP contribution in [0.5, 0.6) is 11.5 Å². The summed E-state index contributed by atoms with van der Waals surface area (Å²) in [5, 5.41) is 14.1. The van der Waals surface area contributed by atoms with E-state index in [1.807, 2.05) is 24.3 Å². The standard InChI is InChI=1S/C25H22ClF2N3O4S/c26-17-4-2-1-3-16(17)21(31-10-7-15(32)13-31)20-12-29-23(36-20)30-22(33)24(8-9-24)14-5-6-18-19(11-14)35-25(27,28)34-18/h1-6,11-12,15,21,32H,7-10,13H2,(H,29,30,33)/t15-,21+/m1/s1. The molecule has 11 heteroatoms. The monoisotopic (exact) mass is 533 g/mol. The van der Waals surface area contributed by atoms with Gasteiger partial charge < -0.3 is 19.9 Å². The van der Waals surface area contributed by atoms with Crippen molar-refractivity contribution in [2.45, 2.75) is 43.1 Å². The van der Waals surface area contributed by atoms with E-state index in [1.54, 1.807) is 12.3 Å². The molecule has 3 aromatic rings. The smallest absolute Gasteiger partial charge is 0.395 e. The lowest BCUT2D eigenvalue weighted by Crippen LogP contribution is -2.28. The Morgan fingerprint density at radius 1 is 1.22 bits per heavy atom. The fourth-order valence-corrected chi connectivity index (χ4v) is 6.14.